The van der Waals surface area contributed by atoms with Crippen LogP contribution in [0.2, 0.25) is 0 Å². The molecule has 1 aliphatic rings. The van der Waals surface area contributed by atoms with E-state index in [-0.39, 0.29) is 18.9 Å². The quantitative estimate of drug-likeness (QED) is 0.805. The van der Waals surface area contributed by atoms with Gasteiger partial charge in [-0.2, -0.15) is 0 Å². The number of rotatable bonds is 6. The molecule has 26 heavy (non-hydrogen) atoms. The van der Waals surface area contributed by atoms with Crippen molar-refractivity contribution < 1.29 is 23.1 Å². The fraction of sp³-hybridized carbons (Fsp3) is 0.263. The largest absolute Gasteiger partial charge is 0.489 e. The average molecular weight is 360 g/mol. The van der Waals surface area contributed by atoms with Crippen molar-refractivity contribution >= 4 is 11.9 Å². The van der Waals surface area contributed by atoms with Gasteiger partial charge in [-0.1, -0.05) is 31.2 Å². The van der Waals surface area contributed by atoms with E-state index < -0.39 is 29.1 Å². The molecule has 3 rings (SSSR count). The highest BCUT2D eigenvalue weighted by molar-refractivity contribution is 6.07. The molecule has 1 atom stereocenters. The summed E-state index contributed by atoms with van der Waals surface area (Å²) in [7, 11) is 0. The molecular formula is C19H18F2N2O3. The molecule has 1 aliphatic heterocycles. The van der Waals surface area contributed by atoms with Gasteiger partial charge < -0.3 is 10.1 Å². The van der Waals surface area contributed by atoms with Gasteiger partial charge in [0.25, 0.3) is 5.91 Å². The number of nitrogens with zero attached hydrogens (tertiary/aromatic N) is 1. The minimum Gasteiger partial charge on any atom is -0.489 e. The van der Waals surface area contributed by atoms with E-state index in [1.54, 1.807) is 13.0 Å². The number of nitrogens with one attached hydrogen (secondary N) is 1. The highest BCUT2D eigenvalue weighted by Crippen LogP contribution is 2.32. The third-order valence-corrected chi connectivity index (χ3v) is 4.45. The van der Waals surface area contributed by atoms with Crippen LogP contribution in [0, 0.1) is 11.6 Å². The Morgan fingerprint density at radius 3 is 2.42 bits per heavy atom. The maximum atomic E-state index is 13.6. The highest BCUT2D eigenvalue weighted by Gasteiger charge is 2.51. The van der Waals surface area contributed by atoms with Crippen molar-refractivity contribution in [2.75, 3.05) is 13.2 Å². The Morgan fingerprint density at radius 1 is 1.08 bits per heavy atom. The summed E-state index contributed by atoms with van der Waals surface area (Å²) < 4.78 is 32.1. The second-order valence-corrected chi connectivity index (χ2v) is 5.93. The summed E-state index contributed by atoms with van der Waals surface area (Å²) in [6.45, 7) is 1.70. The average Bonchev–Trinajstić information content (AvgIpc) is 2.89. The molecule has 1 N–H and O–H groups in total. The van der Waals surface area contributed by atoms with E-state index in [1.165, 1.54) is 42.5 Å². The Balaban J connectivity index is 1.73. The molecule has 2 aromatic rings. The zero-order valence-corrected chi connectivity index (χ0v) is 14.2. The second-order valence-electron chi connectivity index (χ2n) is 5.93. The van der Waals surface area contributed by atoms with E-state index in [0.717, 1.165) is 4.90 Å². The van der Waals surface area contributed by atoms with Gasteiger partial charge in [0.2, 0.25) is 0 Å². The van der Waals surface area contributed by atoms with Gasteiger partial charge >= 0.3 is 6.03 Å². The van der Waals surface area contributed by atoms with Crippen LogP contribution in [0.15, 0.2) is 48.5 Å². The minimum absolute atomic E-state index is 0.0258. The van der Waals surface area contributed by atoms with Crippen LogP contribution in [0.1, 0.15) is 18.9 Å². The SMILES string of the molecule is CCC1(c2ccc(F)cc2)NC(=O)N(CCOc2ccccc2F)C1=O. The maximum absolute atomic E-state index is 13.6. The van der Waals surface area contributed by atoms with Gasteiger partial charge in [0, 0.05) is 0 Å². The van der Waals surface area contributed by atoms with Crippen molar-refractivity contribution in [2.45, 2.75) is 18.9 Å². The molecule has 3 amide bonds. The number of hydrogen-bond acceptors (Lipinski definition) is 3. The molecule has 0 radical (unpaired) electrons. The molecule has 1 saturated heterocycles. The van der Waals surface area contributed by atoms with Gasteiger partial charge in [0.15, 0.2) is 11.6 Å². The van der Waals surface area contributed by atoms with Gasteiger partial charge in [-0.05, 0) is 36.2 Å². The van der Waals surface area contributed by atoms with Crippen LogP contribution in [-0.2, 0) is 10.3 Å². The van der Waals surface area contributed by atoms with Crippen molar-refractivity contribution in [3.05, 3.63) is 65.7 Å². The van der Waals surface area contributed by atoms with E-state index >= 15 is 0 Å². The number of carbonyl (C=O) groups excluding carboxylic acids is 2. The fourth-order valence-electron chi connectivity index (χ4n) is 3.01. The predicted molar refractivity (Wildman–Crippen MR) is 90.5 cm³/mol. The first-order valence-corrected chi connectivity index (χ1v) is 8.25. The zero-order valence-electron chi connectivity index (χ0n) is 14.2. The second kappa shape index (κ2) is 7.11. The third kappa shape index (κ3) is 3.12. The topological polar surface area (TPSA) is 58.6 Å². The van der Waals surface area contributed by atoms with Gasteiger partial charge in [-0.15, -0.1) is 0 Å². The standard InChI is InChI=1S/C19H18F2N2O3/c1-2-19(13-7-9-14(20)10-8-13)17(24)23(18(25)22-19)11-12-26-16-6-4-3-5-15(16)21/h3-10H,2,11-12H2,1H3,(H,22,25). The maximum Gasteiger partial charge on any atom is 0.325 e. The molecule has 0 saturated carbocycles. The fourth-order valence-corrected chi connectivity index (χ4v) is 3.01. The van der Waals surface area contributed by atoms with Crippen LogP contribution >= 0.6 is 0 Å². The van der Waals surface area contributed by atoms with E-state index in [0.29, 0.717) is 12.0 Å². The van der Waals surface area contributed by atoms with Crippen molar-refractivity contribution in [3.63, 3.8) is 0 Å². The lowest BCUT2D eigenvalue weighted by Crippen LogP contribution is -2.43. The molecule has 0 bridgehead atoms. The lowest BCUT2D eigenvalue weighted by Gasteiger charge is -2.25. The van der Waals surface area contributed by atoms with Crippen LogP contribution in [0.3, 0.4) is 0 Å². The number of hydrogen-bond donors (Lipinski definition) is 1. The summed E-state index contributed by atoms with van der Waals surface area (Å²) in [6.07, 6.45) is 0.313. The van der Waals surface area contributed by atoms with Crippen molar-refractivity contribution in [1.82, 2.24) is 10.2 Å². The van der Waals surface area contributed by atoms with E-state index in [9.17, 15) is 18.4 Å². The molecule has 1 heterocycles. The number of para-hydroxylation sites is 1. The number of ether oxygens (including phenoxy) is 1. The molecule has 136 valence electrons. The molecule has 2 aromatic carbocycles. The molecule has 7 heteroatoms. The van der Waals surface area contributed by atoms with Crippen molar-refractivity contribution in [2.24, 2.45) is 0 Å². The smallest absolute Gasteiger partial charge is 0.325 e. The Hall–Kier alpha value is -2.96. The highest BCUT2D eigenvalue weighted by atomic mass is 19.1. The Labute approximate surface area is 149 Å². The molecule has 1 fully saturated rings. The summed E-state index contributed by atoms with van der Waals surface area (Å²) in [5.41, 5.74) is -0.722. The number of imide groups is 1. The number of benzene rings is 2. The lowest BCUT2D eigenvalue weighted by molar-refractivity contribution is -0.132. The first-order valence-electron chi connectivity index (χ1n) is 8.25. The monoisotopic (exact) mass is 360 g/mol. The van der Waals surface area contributed by atoms with Gasteiger partial charge in [-0.3, -0.25) is 9.69 Å². The van der Waals surface area contributed by atoms with Crippen LogP contribution in [0.5, 0.6) is 5.75 Å². The predicted octanol–water partition coefficient (Wildman–Crippen LogP) is 3.20. The minimum atomic E-state index is -1.23. The Morgan fingerprint density at radius 2 is 1.77 bits per heavy atom. The van der Waals surface area contributed by atoms with Crippen molar-refractivity contribution in [3.8, 4) is 5.75 Å². The Kier molecular flexibility index (Phi) is 4.88. The third-order valence-electron chi connectivity index (χ3n) is 4.45. The molecular weight excluding hydrogens is 342 g/mol. The summed E-state index contributed by atoms with van der Waals surface area (Å²) in [4.78, 5) is 26.2. The summed E-state index contributed by atoms with van der Waals surface area (Å²) in [5, 5.41) is 2.70. The summed E-state index contributed by atoms with van der Waals surface area (Å²) in [6, 6.07) is 10.8. The number of carbonyl (C=O) groups is 2. The zero-order chi connectivity index (χ0) is 18.7. The van der Waals surface area contributed by atoms with Crippen molar-refractivity contribution in [1.29, 1.82) is 0 Å². The Bertz CT molecular complexity index is 826. The summed E-state index contributed by atoms with van der Waals surface area (Å²) >= 11 is 0. The normalized spacial score (nSPS) is 19.6. The molecule has 0 spiro atoms. The molecule has 5 nitrogen and oxygen atoms in total. The molecule has 0 aromatic heterocycles. The molecule has 1 unspecified atom stereocenters. The van der Waals surface area contributed by atoms with Crippen LogP contribution in [0.25, 0.3) is 0 Å². The van der Waals surface area contributed by atoms with Crippen LogP contribution < -0.4 is 10.1 Å². The van der Waals surface area contributed by atoms with E-state index in [1.807, 2.05) is 0 Å². The van der Waals surface area contributed by atoms with Gasteiger partial charge in [0.05, 0.1) is 6.54 Å². The van der Waals surface area contributed by atoms with Gasteiger partial charge in [-0.25, -0.2) is 13.6 Å². The number of amides is 3. The van der Waals surface area contributed by atoms with Gasteiger partial charge in [0.1, 0.15) is 18.0 Å². The van der Waals surface area contributed by atoms with Crippen LogP contribution in [-0.4, -0.2) is 30.0 Å². The first kappa shape index (κ1) is 17.8. The number of halogens is 2. The number of urea groups is 1. The lowest BCUT2D eigenvalue weighted by atomic mass is 9.87. The van der Waals surface area contributed by atoms with E-state index in [4.69, 9.17) is 4.74 Å². The van der Waals surface area contributed by atoms with E-state index in [2.05, 4.69) is 5.32 Å². The summed E-state index contributed by atoms with van der Waals surface area (Å²) in [5.74, 6) is -1.32. The first-order chi connectivity index (χ1) is 12.5. The molecule has 0 aliphatic carbocycles. The van der Waals surface area contributed by atoms with Crippen LogP contribution in [0.4, 0.5) is 13.6 Å².